The number of hydrogen-bond donors (Lipinski definition) is 1. The van der Waals surface area contributed by atoms with Gasteiger partial charge in [0.1, 0.15) is 5.82 Å². The lowest BCUT2D eigenvalue weighted by Gasteiger charge is -2.29. The normalized spacial score (nSPS) is 19.8. The first-order valence-electron chi connectivity index (χ1n) is 8.79. The number of ether oxygens (including phenoxy) is 1. The number of benzene rings is 1. The number of esters is 1. The number of rotatable bonds is 5. The number of halogens is 1. The summed E-state index contributed by atoms with van der Waals surface area (Å²) in [6, 6.07) is 5.79. The minimum atomic E-state index is -0.654. The SMILES string of the molecule is C[C@@H]1CCCC[C@@H]1NC(=O)COC(=O)c1cncn1-c1ccc(F)cc1. The topological polar surface area (TPSA) is 73.2 Å². The Morgan fingerprint density at radius 2 is 2.00 bits per heavy atom. The van der Waals surface area contributed by atoms with Crippen LogP contribution in [0.4, 0.5) is 4.39 Å². The molecule has 1 aliphatic rings. The maximum absolute atomic E-state index is 13.1. The van der Waals surface area contributed by atoms with E-state index in [4.69, 9.17) is 4.74 Å². The van der Waals surface area contributed by atoms with Crippen LogP contribution in [0.3, 0.4) is 0 Å². The lowest BCUT2D eigenvalue weighted by atomic mass is 9.86. The Morgan fingerprint density at radius 3 is 2.73 bits per heavy atom. The quantitative estimate of drug-likeness (QED) is 0.833. The molecule has 2 atom stereocenters. The number of carbonyl (C=O) groups is 2. The fourth-order valence-corrected chi connectivity index (χ4v) is 3.24. The van der Waals surface area contributed by atoms with Crippen LogP contribution in [0.25, 0.3) is 5.69 Å². The van der Waals surface area contributed by atoms with Crippen molar-refractivity contribution in [3.8, 4) is 5.69 Å². The van der Waals surface area contributed by atoms with Crippen LogP contribution in [-0.2, 0) is 9.53 Å². The first-order chi connectivity index (χ1) is 12.5. The van der Waals surface area contributed by atoms with Crippen molar-refractivity contribution in [3.63, 3.8) is 0 Å². The van der Waals surface area contributed by atoms with E-state index in [1.54, 1.807) is 0 Å². The van der Waals surface area contributed by atoms with E-state index in [2.05, 4.69) is 17.2 Å². The van der Waals surface area contributed by atoms with Gasteiger partial charge in [-0.05, 0) is 43.0 Å². The van der Waals surface area contributed by atoms with Gasteiger partial charge in [-0.1, -0.05) is 19.8 Å². The van der Waals surface area contributed by atoms with Gasteiger partial charge in [0, 0.05) is 11.7 Å². The van der Waals surface area contributed by atoms with Gasteiger partial charge in [0.25, 0.3) is 5.91 Å². The number of nitrogens with one attached hydrogen (secondary N) is 1. The minimum absolute atomic E-state index is 0.139. The molecule has 26 heavy (non-hydrogen) atoms. The summed E-state index contributed by atoms with van der Waals surface area (Å²) in [4.78, 5) is 28.3. The van der Waals surface area contributed by atoms with Crippen molar-refractivity contribution in [2.24, 2.45) is 5.92 Å². The van der Waals surface area contributed by atoms with E-state index in [0.29, 0.717) is 11.6 Å². The van der Waals surface area contributed by atoms with E-state index >= 15 is 0 Å². The van der Waals surface area contributed by atoms with Crippen molar-refractivity contribution in [1.29, 1.82) is 0 Å². The molecule has 0 bridgehead atoms. The maximum atomic E-state index is 13.1. The molecule has 138 valence electrons. The van der Waals surface area contributed by atoms with Crippen LogP contribution in [-0.4, -0.2) is 34.1 Å². The third-order valence-corrected chi connectivity index (χ3v) is 4.74. The van der Waals surface area contributed by atoms with E-state index in [9.17, 15) is 14.0 Å². The summed E-state index contributed by atoms with van der Waals surface area (Å²) in [5, 5.41) is 2.94. The molecule has 1 aromatic heterocycles. The van der Waals surface area contributed by atoms with Crippen molar-refractivity contribution in [2.75, 3.05) is 6.61 Å². The Hall–Kier alpha value is -2.70. The van der Waals surface area contributed by atoms with Gasteiger partial charge in [-0.2, -0.15) is 0 Å². The van der Waals surface area contributed by atoms with Crippen LogP contribution in [0.5, 0.6) is 0 Å². The molecule has 2 aromatic rings. The second-order valence-corrected chi connectivity index (χ2v) is 6.64. The summed E-state index contributed by atoms with van der Waals surface area (Å²) in [6.07, 6.45) is 7.14. The highest BCUT2D eigenvalue weighted by Gasteiger charge is 2.23. The zero-order valence-electron chi connectivity index (χ0n) is 14.7. The Labute approximate surface area is 151 Å². The van der Waals surface area contributed by atoms with E-state index in [1.807, 2.05) is 0 Å². The molecule has 3 rings (SSSR count). The van der Waals surface area contributed by atoms with E-state index in [1.165, 1.54) is 47.8 Å². The molecule has 7 heteroatoms. The molecule has 1 amide bonds. The van der Waals surface area contributed by atoms with Crippen molar-refractivity contribution < 1.29 is 18.7 Å². The van der Waals surface area contributed by atoms with Gasteiger partial charge in [-0.3, -0.25) is 9.36 Å². The van der Waals surface area contributed by atoms with Crippen LogP contribution in [0.2, 0.25) is 0 Å². The standard InChI is InChI=1S/C19H22FN3O3/c1-13-4-2-3-5-16(13)22-18(24)11-26-19(25)17-10-21-12-23(17)15-8-6-14(20)7-9-15/h6-10,12-13,16H,2-5,11H2,1H3,(H,22,24)/t13-,16+/m1/s1. The molecule has 0 aliphatic heterocycles. The molecule has 0 radical (unpaired) electrons. The third kappa shape index (κ3) is 4.28. The average Bonchev–Trinajstić information content (AvgIpc) is 3.12. The zero-order chi connectivity index (χ0) is 18.5. The predicted octanol–water partition coefficient (Wildman–Crippen LogP) is 2.86. The first-order valence-corrected chi connectivity index (χ1v) is 8.79. The minimum Gasteiger partial charge on any atom is -0.451 e. The highest BCUT2D eigenvalue weighted by molar-refractivity contribution is 5.90. The summed E-state index contributed by atoms with van der Waals surface area (Å²) in [7, 11) is 0. The Bertz CT molecular complexity index is 773. The molecule has 1 fully saturated rings. The Morgan fingerprint density at radius 1 is 1.27 bits per heavy atom. The van der Waals surface area contributed by atoms with Crippen molar-refractivity contribution in [3.05, 3.63) is 48.3 Å². The van der Waals surface area contributed by atoms with E-state index in [-0.39, 0.29) is 30.1 Å². The van der Waals surface area contributed by atoms with E-state index in [0.717, 1.165) is 19.3 Å². The smallest absolute Gasteiger partial charge is 0.357 e. The molecule has 0 spiro atoms. The van der Waals surface area contributed by atoms with Gasteiger partial charge in [-0.15, -0.1) is 0 Å². The van der Waals surface area contributed by atoms with Crippen LogP contribution in [0.1, 0.15) is 43.1 Å². The van der Waals surface area contributed by atoms with Gasteiger partial charge in [0.2, 0.25) is 0 Å². The highest BCUT2D eigenvalue weighted by Crippen LogP contribution is 2.23. The largest absolute Gasteiger partial charge is 0.451 e. The molecule has 1 saturated carbocycles. The number of carbonyl (C=O) groups excluding carboxylic acids is 2. The second kappa shape index (κ2) is 8.12. The van der Waals surface area contributed by atoms with Crippen molar-refractivity contribution in [2.45, 2.75) is 38.6 Å². The van der Waals surface area contributed by atoms with Crippen LogP contribution in [0, 0.1) is 11.7 Å². The van der Waals surface area contributed by atoms with E-state index < -0.39 is 5.97 Å². The van der Waals surface area contributed by atoms with Crippen molar-refractivity contribution in [1.82, 2.24) is 14.9 Å². The third-order valence-electron chi connectivity index (χ3n) is 4.74. The molecule has 0 saturated heterocycles. The lowest BCUT2D eigenvalue weighted by Crippen LogP contribution is -2.42. The highest BCUT2D eigenvalue weighted by atomic mass is 19.1. The second-order valence-electron chi connectivity index (χ2n) is 6.64. The number of nitrogens with zero attached hydrogens (tertiary/aromatic N) is 2. The summed E-state index contributed by atoms with van der Waals surface area (Å²) in [5.74, 6) is -0.890. The van der Waals surface area contributed by atoms with Crippen LogP contribution in [0.15, 0.2) is 36.8 Å². The number of aromatic nitrogens is 2. The number of imidazole rings is 1. The molecule has 1 aromatic carbocycles. The summed E-state index contributed by atoms with van der Waals surface area (Å²) in [6.45, 7) is 1.79. The fraction of sp³-hybridized carbons (Fsp3) is 0.421. The molecule has 1 heterocycles. The molecular formula is C19H22FN3O3. The number of hydrogen-bond acceptors (Lipinski definition) is 4. The predicted molar refractivity (Wildman–Crippen MR) is 93.4 cm³/mol. The first kappa shape index (κ1) is 18.1. The van der Waals surface area contributed by atoms with Gasteiger partial charge in [-0.25, -0.2) is 14.2 Å². The van der Waals surface area contributed by atoms with Crippen molar-refractivity contribution >= 4 is 11.9 Å². The Kier molecular flexibility index (Phi) is 5.65. The van der Waals surface area contributed by atoms with Crippen LogP contribution < -0.4 is 5.32 Å². The van der Waals surface area contributed by atoms with Gasteiger partial charge in [0.05, 0.1) is 12.5 Å². The van der Waals surface area contributed by atoms with Gasteiger partial charge in [0.15, 0.2) is 12.3 Å². The molecule has 1 aliphatic carbocycles. The molecule has 6 nitrogen and oxygen atoms in total. The zero-order valence-corrected chi connectivity index (χ0v) is 14.7. The molecule has 1 N–H and O–H groups in total. The molecular weight excluding hydrogens is 337 g/mol. The van der Waals surface area contributed by atoms with Gasteiger partial charge < -0.3 is 10.1 Å². The van der Waals surface area contributed by atoms with Crippen LogP contribution >= 0.6 is 0 Å². The fourth-order valence-electron chi connectivity index (χ4n) is 3.24. The summed E-state index contributed by atoms with van der Waals surface area (Å²) < 4.78 is 19.7. The summed E-state index contributed by atoms with van der Waals surface area (Å²) in [5.41, 5.74) is 0.756. The molecule has 0 unspecified atom stereocenters. The monoisotopic (exact) mass is 359 g/mol. The van der Waals surface area contributed by atoms with Gasteiger partial charge >= 0.3 is 5.97 Å². The summed E-state index contributed by atoms with van der Waals surface area (Å²) >= 11 is 0. The Balaban J connectivity index is 1.58. The number of amides is 1. The maximum Gasteiger partial charge on any atom is 0.357 e. The average molecular weight is 359 g/mol. The lowest BCUT2D eigenvalue weighted by molar-refractivity contribution is -0.125.